The Hall–Kier alpha value is -3.40. The molecule has 0 aliphatic heterocycles. The van der Waals surface area contributed by atoms with Gasteiger partial charge in [-0.05, 0) is 41.6 Å². The molecule has 27 heavy (non-hydrogen) atoms. The minimum Gasteiger partial charge on any atom is -0.459 e. The Morgan fingerprint density at radius 3 is 1.93 bits per heavy atom. The van der Waals surface area contributed by atoms with Gasteiger partial charge in [0.05, 0.1) is 12.5 Å². The Labute approximate surface area is 154 Å². The summed E-state index contributed by atoms with van der Waals surface area (Å²) < 4.78 is 9.98. The van der Waals surface area contributed by atoms with Crippen molar-refractivity contribution in [1.29, 1.82) is 0 Å². The van der Waals surface area contributed by atoms with Crippen molar-refractivity contribution in [2.24, 2.45) is 0 Å². The third-order valence-electron chi connectivity index (χ3n) is 3.26. The number of carbonyl (C=O) groups is 2. The fourth-order valence-electron chi connectivity index (χ4n) is 2.11. The van der Waals surface area contributed by atoms with Gasteiger partial charge in [-0.3, -0.25) is 9.59 Å². The van der Waals surface area contributed by atoms with Crippen molar-refractivity contribution in [3.05, 3.63) is 66.5 Å². The molecule has 0 saturated heterocycles. The lowest BCUT2D eigenvalue weighted by Gasteiger charge is -2.11. The predicted molar refractivity (Wildman–Crippen MR) is 95.3 cm³/mol. The number of amides is 2. The highest BCUT2D eigenvalue weighted by molar-refractivity contribution is 6.05. The van der Waals surface area contributed by atoms with E-state index in [9.17, 15) is 20.0 Å². The van der Waals surface area contributed by atoms with Crippen LogP contribution < -0.4 is 15.9 Å². The number of furan rings is 2. The zero-order valence-corrected chi connectivity index (χ0v) is 14.7. The Kier molecular flexibility index (Phi) is 6.89. The molecule has 0 unspecified atom stereocenters. The second kappa shape index (κ2) is 9.34. The highest BCUT2D eigenvalue weighted by Crippen LogP contribution is 2.24. The van der Waals surface area contributed by atoms with Crippen molar-refractivity contribution in [3.8, 4) is 0 Å². The molecular formula is C18H20N3O6+. The number of carbonyl (C=O) groups excluding carboxylic acids is 2. The van der Waals surface area contributed by atoms with Gasteiger partial charge in [0.15, 0.2) is 11.5 Å². The molecule has 0 bridgehead atoms. The van der Waals surface area contributed by atoms with Crippen molar-refractivity contribution in [2.45, 2.75) is 13.8 Å². The summed E-state index contributed by atoms with van der Waals surface area (Å²) in [5, 5.41) is 22.8. The molecule has 0 saturated carbocycles. The van der Waals surface area contributed by atoms with Gasteiger partial charge in [0.25, 0.3) is 11.8 Å². The monoisotopic (exact) mass is 374 g/mol. The summed E-state index contributed by atoms with van der Waals surface area (Å²) in [7, 11) is 0. The molecule has 0 spiro atoms. The van der Waals surface area contributed by atoms with Crippen LogP contribution in [0.25, 0.3) is 0 Å². The van der Waals surface area contributed by atoms with Crippen molar-refractivity contribution >= 4 is 28.9 Å². The summed E-state index contributed by atoms with van der Waals surface area (Å²) in [4.78, 5) is 24.1. The van der Waals surface area contributed by atoms with E-state index in [4.69, 9.17) is 8.83 Å². The number of hydrogen-bond acceptors (Lipinski definition) is 6. The van der Waals surface area contributed by atoms with Gasteiger partial charge < -0.3 is 19.5 Å². The molecule has 2 aromatic heterocycles. The van der Waals surface area contributed by atoms with Crippen molar-refractivity contribution in [2.75, 3.05) is 10.6 Å². The molecule has 9 nitrogen and oxygen atoms in total. The van der Waals surface area contributed by atoms with Crippen molar-refractivity contribution < 1.29 is 34.1 Å². The molecule has 0 aliphatic rings. The molecule has 5 N–H and O–H groups in total. The van der Waals surface area contributed by atoms with Crippen LogP contribution in [0, 0.1) is 0 Å². The first-order valence-corrected chi connectivity index (χ1v) is 8.13. The van der Waals surface area contributed by atoms with Crippen LogP contribution in [0.4, 0.5) is 17.1 Å². The maximum atomic E-state index is 12.1. The van der Waals surface area contributed by atoms with E-state index in [2.05, 4.69) is 10.6 Å². The van der Waals surface area contributed by atoms with Crippen LogP contribution in [0.2, 0.25) is 0 Å². The largest absolute Gasteiger partial charge is 0.459 e. The average Bonchev–Trinajstić information content (AvgIpc) is 3.37. The fraction of sp³-hybridized carbons (Fsp3) is 0.111. The van der Waals surface area contributed by atoms with Crippen molar-refractivity contribution in [3.63, 3.8) is 0 Å². The smallest absolute Gasteiger partial charge is 0.291 e. The average molecular weight is 374 g/mol. The summed E-state index contributed by atoms with van der Waals surface area (Å²) in [5.41, 5.74) is 0.385. The van der Waals surface area contributed by atoms with E-state index < -0.39 is 17.0 Å². The van der Waals surface area contributed by atoms with Gasteiger partial charge in [0, 0.05) is 11.8 Å². The number of hydrogen-bond donors (Lipinski definition) is 5. The molecule has 0 atom stereocenters. The summed E-state index contributed by atoms with van der Waals surface area (Å²) in [6.45, 7) is 4.00. The second-order valence-corrected chi connectivity index (χ2v) is 4.95. The van der Waals surface area contributed by atoms with E-state index in [0.717, 1.165) is 0 Å². The minimum atomic E-state index is -0.973. The lowest BCUT2D eigenvalue weighted by molar-refractivity contribution is -1.19. The maximum Gasteiger partial charge on any atom is 0.291 e. The zero-order valence-electron chi connectivity index (χ0n) is 14.7. The summed E-state index contributed by atoms with van der Waals surface area (Å²) in [6.07, 6.45) is 2.71. The molecule has 142 valence electrons. The lowest BCUT2D eigenvalue weighted by atomic mass is 10.2. The molecule has 3 rings (SSSR count). The first-order valence-electron chi connectivity index (χ1n) is 8.13. The normalized spacial score (nSPS) is 10.1. The van der Waals surface area contributed by atoms with Crippen LogP contribution in [0.15, 0.2) is 63.8 Å². The quantitative estimate of drug-likeness (QED) is 0.437. The Balaban J connectivity index is 0.00000126. The molecule has 2 heterocycles. The summed E-state index contributed by atoms with van der Waals surface area (Å²) in [5.74, 6) is -0.907. The highest BCUT2D eigenvalue weighted by atomic mass is 16.8. The molecule has 0 radical (unpaired) electrons. The summed E-state index contributed by atoms with van der Waals surface area (Å²) in [6, 6.07) is 10.2. The standard InChI is InChI=1S/C16H13N3O6.C2H6/c20-15(13-3-1-7-24-13)17-10-5-6-12(19(22)23)11(9-10)18-16(21)14-4-2-8-25-14;1-2/h1-9,22-23H,(H,17,20)(H,18,21);1-2H3/p+1. The molecular weight excluding hydrogens is 354 g/mol. The number of rotatable bonds is 5. The number of quaternary nitrogens is 1. The van der Waals surface area contributed by atoms with Crippen LogP contribution in [0.3, 0.4) is 0 Å². The maximum absolute atomic E-state index is 12.1. The summed E-state index contributed by atoms with van der Waals surface area (Å²) >= 11 is 0. The Morgan fingerprint density at radius 1 is 0.889 bits per heavy atom. The van der Waals surface area contributed by atoms with Crippen LogP contribution in [-0.4, -0.2) is 22.2 Å². The van der Waals surface area contributed by atoms with E-state index in [0.29, 0.717) is 5.69 Å². The first-order chi connectivity index (χ1) is 13.0. The number of anilines is 2. The topological polar surface area (TPSA) is 129 Å². The van der Waals surface area contributed by atoms with Gasteiger partial charge in [-0.25, -0.2) is 0 Å². The fourth-order valence-corrected chi connectivity index (χ4v) is 2.11. The van der Waals surface area contributed by atoms with Crippen LogP contribution >= 0.6 is 0 Å². The molecule has 2 amide bonds. The van der Waals surface area contributed by atoms with E-state index in [1.165, 1.54) is 42.9 Å². The van der Waals surface area contributed by atoms with Crippen LogP contribution in [0.1, 0.15) is 35.0 Å². The molecule has 0 fully saturated rings. The van der Waals surface area contributed by atoms with Crippen LogP contribution in [-0.2, 0) is 0 Å². The van der Waals surface area contributed by atoms with Gasteiger partial charge in [0.2, 0.25) is 5.69 Å². The van der Waals surface area contributed by atoms with Gasteiger partial charge in [-0.15, -0.1) is 0 Å². The van der Waals surface area contributed by atoms with Gasteiger partial charge >= 0.3 is 0 Å². The number of benzene rings is 1. The van der Waals surface area contributed by atoms with Crippen molar-refractivity contribution in [1.82, 2.24) is 0 Å². The predicted octanol–water partition coefficient (Wildman–Crippen LogP) is 2.70. The van der Waals surface area contributed by atoms with Gasteiger partial charge in [0.1, 0.15) is 5.69 Å². The Morgan fingerprint density at radius 2 is 1.44 bits per heavy atom. The highest BCUT2D eigenvalue weighted by Gasteiger charge is 2.19. The van der Waals surface area contributed by atoms with Gasteiger partial charge in [-0.1, -0.05) is 13.8 Å². The third-order valence-corrected chi connectivity index (χ3v) is 3.26. The van der Waals surface area contributed by atoms with E-state index in [-0.39, 0.29) is 22.9 Å². The van der Waals surface area contributed by atoms with E-state index in [1.807, 2.05) is 13.8 Å². The Bertz CT molecular complexity index is 873. The lowest BCUT2D eigenvalue weighted by Crippen LogP contribution is -3.02. The van der Waals surface area contributed by atoms with E-state index in [1.54, 1.807) is 12.1 Å². The minimum absolute atomic E-state index is 0.0177. The molecule has 9 heteroatoms. The van der Waals surface area contributed by atoms with E-state index >= 15 is 0 Å². The first kappa shape index (κ1) is 19.9. The molecule has 1 aromatic carbocycles. The van der Waals surface area contributed by atoms with Crippen LogP contribution in [0.5, 0.6) is 0 Å². The SMILES string of the molecule is CC.O=C(Nc1ccc([NH+](O)O)c(NC(=O)c2ccco2)c1)c1ccco1. The second-order valence-electron chi connectivity index (χ2n) is 4.95. The number of nitrogens with one attached hydrogen (secondary N) is 3. The van der Waals surface area contributed by atoms with Gasteiger partial charge in [-0.2, -0.15) is 10.4 Å². The zero-order chi connectivity index (χ0) is 19.8. The molecule has 3 aromatic rings. The third kappa shape index (κ3) is 5.05. The molecule has 0 aliphatic carbocycles.